The average Bonchev–Trinajstić information content (AvgIpc) is 2.98. The van der Waals surface area contributed by atoms with E-state index in [2.05, 4.69) is 28.2 Å². The summed E-state index contributed by atoms with van der Waals surface area (Å²) in [4.78, 5) is 8.60. The molecule has 0 spiro atoms. The van der Waals surface area contributed by atoms with Crippen molar-refractivity contribution < 1.29 is 24.2 Å². The first-order valence-corrected chi connectivity index (χ1v) is 11.7. The van der Waals surface area contributed by atoms with Crippen LogP contribution >= 0.6 is 0 Å². The van der Waals surface area contributed by atoms with E-state index < -0.39 is 0 Å². The van der Waals surface area contributed by atoms with Gasteiger partial charge >= 0.3 is 0 Å². The van der Waals surface area contributed by atoms with E-state index >= 15 is 0 Å². The summed E-state index contributed by atoms with van der Waals surface area (Å²) in [6.07, 6.45) is 3.42. The maximum absolute atomic E-state index is 8.03. The molecule has 0 fully saturated rings. The molecule has 0 amide bonds. The molecule has 0 saturated heterocycles. The normalized spacial score (nSPS) is 11.6. The number of hydrogen-bond acceptors (Lipinski definition) is 2. The molecule has 179 valence electrons. The standard InChI is InChI=1S/C23H14N.C11H8N.Ir/c1-2-9-19-17(7-1)18-8-3-4-10-20(18)22-15-16(12-13-21(19)22)23-11-5-6-14-24-23;1-2-6-10(7-3-1)11-8-4-5-9-12-11;/h1-11,13-15H;1-6,8-9H;/q2*-1;/i1D,3D,5D;;. The second-order valence-corrected chi connectivity index (χ2v) is 8.25. The summed E-state index contributed by atoms with van der Waals surface area (Å²) in [5.41, 5.74) is 3.57. The maximum Gasteiger partial charge on any atom is 0.0623 e. The van der Waals surface area contributed by atoms with Gasteiger partial charge < -0.3 is 9.97 Å². The van der Waals surface area contributed by atoms with Gasteiger partial charge in [-0.25, -0.2) is 0 Å². The molecule has 7 aromatic rings. The molecule has 0 aliphatic heterocycles. The Morgan fingerprint density at radius 1 is 0.514 bits per heavy atom. The molecular formula is C34H22IrN2-2. The van der Waals surface area contributed by atoms with Crippen LogP contribution in [0.2, 0.25) is 0 Å². The zero-order chi connectivity index (χ0) is 26.8. The molecule has 0 atom stereocenters. The van der Waals surface area contributed by atoms with Crippen molar-refractivity contribution >= 4 is 32.3 Å². The van der Waals surface area contributed by atoms with Gasteiger partial charge in [-0.05, 0) is 39.7 Å². The Hall–Kier alpha value is -4.17. The summed E-state index contributed by atoms with van der Waals surface area (Å²) in [6.45, 7) is 0. The number of benzene rings is 5. The Bertz CT molecular complexity index is 1910. The molecule has 2 heterocycles. The van der Waals surface area contributed by atoms with Crippen LogP contribution in [0.5, 0.6) is 0 Å². The van der Waals surface area contributed by atoms with E-state index in [1.54, 1.807) is 36.7 Å². The first kappa shape index (κ1) is 21.0. The van der Waals surface area contributed by atoms with Gasteiger partial charge in [-0.3, -0.25) is 0 Å². The second-order valence-electron chi connectivity index (χ2n) is 8.25. The molecule has 0 aliphatic carbocycles. The van der Waals surface area contributed by atoms with Crippen molar-refractivity contribution in [1.82, 2.24) is 9.97 Å². The van der Waals surface area contributed by atoms with Crippen LogP contribution in [0.25, 0.3) is 54.8 Å². The van der Waals surface area contributed by atoms with Crippen molar-refractivity contribution in [3.05, 3.63) is 146 Å². The minimum absolute atomic E-state index is 0. The Morgan fingerprint density at radius 3 is 1.84 bits per heavy atom. The fourth-order valence-corrected chi connectivity index (χ4v) is 4.41. The number of rotatable bonds is 2. The first-order valence-electron chi connectivity index (χ1n) is 13.2. The number of nitrogens with zero attached hydrogens (tertiary/aromatic N) is 2. The number of fused-ring (bicyclic) bond motifs is 6. The summed E-state index contributed by atoms with van der Waals surface area (Å²) >= 11 is 0. The van der Waals surface area contributed by atoms with Gasteiger partial charge in [-0.2, -0.15) is 0 Å². The molecule has 0 unspecified atom stereocenters. The van der Waals surface area contributed by atoms with Crippen LogP contribution in [0.15, 0.2) is 134 Å². The van der Waals surface area contributed by atoms with Crippen molar-refractivity contribution in [2.45, 2.75) is 0 Å². The fourth-order valence-electron chi connectivity index (χ4n) is 4.41. The van der Waals surface area contributed by atoms with Crippen LogP contribution in [0, 0.1) is 12.1 Å². The van der Waals surface area contributed by atoms with Crippen LogP contribution in [-0.2, 0) is 20.1 Å². The SMILES string of the molecule is [2H]c1ccnc(-c2[c-]cc3c4ccc([2H])cc4c4cc([2H])ccc4c3c2)c1.[Ir].[c-]1ccccc1-c1ccccn1. The van der Waals surface area contributed by atoms with Gasteiger partial charge in [-0.1, -0.05) is 88.9 Å². The van der Waals surface area contributed by atoms with Crippen LogP contribution in [0.3, 0.4) is 0 Å². The molecule has 37 heavy (non-hydrogen) atoms. The molecule has 3 heteroatoms. The van der Waals surface area contributed by atoms with E-state index in [1.165, 1.54) is 0 Å². The average molecular weight is 654 g/mol. The van der Waals surface area contributed by atoms with Gasteiger partial charge in [0, 0.05) is 32.5 Å². The quantitative estimate of drug-likeness (QED) is 0.138. The van der Waals surface area contributed by atoms with Crippen molar-refractivity contribution in [2.75, 3.05) is 0 Å². The van der Waals surface area contributed by atoms with Gasteiger partial charge in [0.1, 0.15) is 0 Å². The summed E-state index contributed by atoms with van der Waals surface area (Å²) in [5, 5.41) is 6.15. The molecule has 2 nitrogen and oxygen atoms in total. The van der Waals surface area contributed by atoms with Gasteiger partial charge in [0.05, 0.1) is 4.11 Å². The third-order valence-electron chi connectivity index (χ3n) is 6.08. The van der Waals surface area contributed by atoms with Gasteiger partial charge in [-0.15, -0.1) is 59.7 Å². The topological polar surface area (TPSA) is 25.8 Å². The van der Waals surface area contributed by atoms with Crippen LogP contribution in [0.4, 0.5) is 0 Å². The molecule has 0 N–H and O–H groups in total. The molecule has 2 aromatic heterocycles. The van der Waals surface area contributed by atoms with Crippen molar-refractivity contribution in [3.8, 4) is 22.5 Å². The molecule has 7 rings (SSSR count). The fraction of sp³-hybridized carbons (Fsp3) is 0. The summed E-state index contributed by atoms with van der Waals surface area (Å²) in [7, 11) is 0. The Kier molecular flexibility index (Phi) is 6.38. The Balaban J connectivity index is 0.000000209. The second kappa shape index (κ2) is 11.3. The zero-order valence-electron chi connectivity index (χ0n) is 22.7. The number of aromatic nitrogens is 2. The number of pyridine rings is 2. The van der Waals surface area contributed by atoms with Gasteiger partial charge in [0.2, 0.25) is 0 Å². The minimum Gasteiger partial charge on any atom is -0.305 e. The van der Waals surface area contributed by atoms with Crippen molar-refractivity contribution in [3.63, 3.8) is 0 Å². The predicted molar refractivity (Wildman–Crippen MR) is 150 cm³/mol. The van der Waals surface area contributed by atoms with Crippen LogP contribution in [0.1, 0.15) is 4.11 Å². The minimum atomic E-state index is 0. The van der Waals surface area contributed by atoms with E-state index in [1.807, 2.05) is 72.8 Å². The van der Waals surface area contributed by atoms with Crippen LogP contribution in [-0.4, -0.2) is 9.97 Å². The van der Waals surface area contributed by atoms with E-state index in [-0.39, 0.29) is 20.1 Å². The van der Waals surface area contributed by atoms with E-state index in [0.29, 0.717) is 18.1 Å². The van der Waals surface area contributed by atoms with Crippen LogP contribution < -0.4 is 0 Å². The smallest absolute Gasteiger partial charge is 0.0623 e. The first-order chi connectivity index (χ1) is 19.1. The zero-order valence-corrected chi connectivity index (χ0v) is 22.1. The van der Waals surface area contributed by atoms with Gasteiger partial charge in [0.15, 0.2) is 0 Å². The monoisotopic (exact) mass is 654 g/mol. The molecule has 5 aromatic carbocycles. The molecular weight excluding hydrogens is 629 g/mol. The third-order valence-corrected chi connectivity index (χ3v) is 6.08. The molecule has 0 aliphatic rings. The Labute approximate surface area is 234 Å². The number of hydrogen-bond donors (Lipinski definition) is 0. The summed E-state index contributed by atoms with van der Waals surface area (Å²) < 4.78 is 23.9. The van der Waals surface area contributed by atoms with E-state index in [9.17, 15) is 0 Å². The third kappa shape index (κ3) is 5.06. The largest absolute Gasteiger partial charge is 0.305 e. The van der Waals surface area contributed by atoms with Crippen molar-refractivity contribution in [2.24, 2.45) is 0 Å². The molecule has 0 bridgehead atoms. The summed E-state index contributed by atoms with van der Waals surface area (Å²) in [6, 6.07) is 40.1. The van der Waals surface area contributed by atoms with E-state index in [0.717, 1.165) is 54.8 Å². The van der Waals surface area contributed by atoms with Gasteiger partial charge in [0.25, 0.3) is 0 Å². The maximum atomic E-state index is 8.03. The summed E-state index contributed by atoms with van der Waals surface area (Å²) in [5.74, 6) is 0. The Morgan fingerprint density at radius 2 is 1.16 bits per heavy atom. The van der Waals surface area contributed by atoms with Crippen molar-refractivity contribution in [1.29, 1.82) is 0 Å². The van der Waals surface area contributed by atoms with E-state index in [4.69, 9.17) is 4.11 Å². The predicted octanol–water partition coefficient (Wildman–Crippen LogP) is 8.55. The molecule has 0 saturated carbocycles. The molecule has 1 radical (unpaired) electrons.